The molecule has 0 radical (unpaired) electrons. The van der Waals surface area contributed by atoms with Gasteiger partial charge in [0.15, 0.2) is 0 Å². The lowest BCUT2D eigenvalue weighted by atomic mass is 10.3. The Morgan fingerprint density at radius 1 is 1.24 bits per heavy atom. The summed E-state index contributed by atoms with van der Waals surface area (Å²) in [7, 11) is 0. The van der Waals surface area contributed by atoms with E-state index in [2.05, 4.69) is 6.58 Å². The van der Waals surface area contributed by atoms with Crippen LogP contribution in [0.5, 0.6) is 0 Å². The minimum atomic E-state index is -0.155. The summed E-state index contributed by atoms with van der Waals surface area (Å²) in [6.07, 6.45) is 0.657. The summed E-state index contributed by atoms with van der Waals surface area (Å²) in [6.45, 7) is 7.58. The van der Waals surface area contributed by atoms with Crippen LogP contribution < -0.4 is 0 Å². The van der Waals surface area contributed by atoms with Crippen molar-refractivity contribution < 1.29 is 9.59 Å². The molecular weight excluding hydrogens is 218 g/mol. The molecule has 1 heterocycles. The molecule has 1 saturated heterocycles. The van der Waals surface area contributed by atoms with Crippen LogP contribution in [0.3, 0.4) is 0 Å². The highest BCUT2D eigenvalue weighted by Gasteiger charge is 2.21. The summed E-state index contributed by atoms with van der Waals surface area (Å²) in [4.78, 5) is 26.6. The van der Waals surface area contributed by atoms with Gasteiger partial charge in [0.1, 0.15) is 6.42 Å². The third-order valence-electron chi connectivity index (χ3n) is 2.73. The minimum Gasteiger partial charge on any atom is -0.340 e. The van der Waals surface area contributed by atoms with Crippen molar-refractivity contribution >= 4 is 11.8 Å². The Kier molecular flexibility index (Phi) is 4.70. The van der Waals surface area contributed by atoms with E-state index >= 15 is 0 Å². The van der Waals surface area contributed by atoms with Crippen molar-refractivity contribution in [3.63, 3.8) is 0 Å². The van der Waals surface area contributed by atoms with Crippen LogP contribution in [0.1, 0.15) is 19.8 Å². The number of nitriles is 1. The Balaban J connectivity index is 2.56. The second kappa shape index (κ2) is 6.04. The van der Waals surface area contributed by atoms with Crippen molar-refractivity contribution in [2.45, 2.75) is 19.8 Å². The number of carbonyl (C=O) groups is 2. The molecule has 0 aromatic carbocycles. The highest BCUT2D eigenvalue weighted by molar-refractivity contribution is 5.92. The molecule has 0 bridgehead atoms. The molecule has 0 aromatic rings. The summed E-state index contributed by atoms with van der Waals surface area (Å²) in [5.41, 5.74) is 0.516. The standard InChI is InChI=1S/C12H17N3O2/c1-10(2)12(17)15-7-3-6-14(8-9-15)11(16)4-5-13/h1,3-4,6-9H2,2H3. The zero-order chi connectivity index (χ0) is 12.8. The van der Waals surface area contributed by atoms with Crippen molar-refractivity contribution in [1.29, 1.82) is 5.26 Å². The second-order valence-corrected chi connectivity index (χ2v) is 4.14. The van der Waals surface area contributed by atoms with Crippen molar-refractivity contribution in [1.82, 2.24) is 9.80 Å². The highest BCUT2D eigenvalue weighted by atomic mass is 16.2. The second-order valence-electron chi connectivity index (χ2n) is 4.14. The van der Waals surface area contributed by atoms with Crippen LogP contribution in [0, 0.1) is 11.3 Å². The maximum Gasteiger partial charge on any atom is 0.248 e. The van der Waals surface area contributed by atoms with Gasteiger partial charge in [-0.2, -0.15) is 5.26 Å². The Morgan fingerprint density at radius 3 is 2.41 bits per heavy atom. The van der Waals surface area contributed by atoms with E-state index in [0.717, 1.165) is 6.42 Å². The first-order chi connectivity index (χ1) is 8.06. The molecular formula is C12H17N3O2. The molecule has 92 valence electrons. The fourth-order valence-corrected chi connectivity index (χ4v) is 1.82. The number of nitrogens with zero attached hydrogens (tertiary/aromatic N) is 3. The highest BCUT2D eigenvalue weighted by Crippen LogP contribution is 2.07. The van der Waals surface area contributed by atoms with Gasteiger partial charge in [-0.05, 0) is 13.3 Å². The summed E-state index contributed by atoms with van der Waals surface area (Å²) >= 11 is 0. The number of carbonyl (C=O) groups excluding carboxylic acids is 2. The average molecular weight is 235 g/mol. The van der Waals surface area contributed by atoms with E-state index in [1.807, 2.05) is 6.07 Å². The van der Waals surface area contributed by atoms with Crippen LogP contribution in [0.15, 0.2) is 12.2 Å². The minimum absolute atomic E-state index is 0.0559. The van der Waals surface area contributed by atoms with Gasteiger partial charge in [-0.25, -0.2) is 0 Å². The fraction of sp³-hybridized carbons (Fsp3) is 0.583. The maximum atomic E-state index is 11.7. The monoisotopic (exact) mass is 235 g/mol. The van der Waals surface area contributed by atoms with Gasteiger partial charge >= 0.3 is 0 Å². The number of amides is 2. The predicted octanol–water partition coefficient (Wildman–Crippen LogP) is 0.537. The summed E-state index contributed by atoms with van der Waals surface area (Å²) < 4.78 is 0. The molecule has 17 heavy (non-hydrogen) atoms. The molecule has 1 fully saturated rings. The van der Waals surface area contributed by atoms with Crippen LogP contribution in [0.4, 0.5) is 0 Å². The van der Waals surface area contributed by atoms with E-state index < -0.39 is 0 Å². The molecule has 1 aliphatic rings. The van der Waals surface area contributed by atoms with E-state index in [1.165, 1.54) is 0 Å². The average Bonchev–Trinajstić information content (AvgIpc) is 2.53. The van der Waals surface area contributed by atoms with Gasteiger partial charge in [0, 0.05) is 31.8 Å². The molecule has 0 aliphatic carbocycles. The van der Waals surface area contributed by atoms with Crippen LogP contribution in [-0.2, 0) is 9.59 Å². The summed E-state index contributed by atoms with van der Waals surface area (Å²) in [5, 5.41) is 8.48. The fourth-order valence-electron chi connectivity index (χ4n) is 1.82. The molecule has 0 N–H and O–H groups in total. The number of hydrogen-bond acceptors (Lipinski definition) is 3. The first-order valence-corrected chi connectivity index (χ1v) is 5.65. The maximum absolute atomic E-state index is 11.7. The van der Waals surface area contributed by atoms with Gasteiger partial charge in [-0.15, -0.1) is 0 Å². The zero-order valence-corrected chi connectivity index (χ0v) is 10.1. The van der Waals surface area contributed by atoms with Crippen LogP contribution >= 0.6 is 0 Å². The summed E-state index contributed by atoms with van der Waals surface area (Å²) in [5.74, 6) is -0.211. The molecule has 0 saturated carbocycles. The Labute approximate surface area is 101 Å². The van der Waals surface area contributed by atoms with Crippen molar-refractivity contribution in [3.8, 4) is 6.07 Å². The smallest absolute Gasteiger partial charge is 0.248 e. The molecule has 1 aliphatic heterocycles. The first kappa shape index (κ1) is 13.2. The predicted molar refractivity (Wildman–Crippen MR) is 62.8 cm³/mol. The van der Waals surface area contributed by atoms with E-state index in [9.17, 15) is 9.59 Å². The van der Waals surface area contributed by atoms with E-state index in [0.29, 0.717) is 31.8 Å². The van der Waals surface area contributed by atoms with E-state index in [-0.39, 0.29) is 18.2 Å². The lowest BCUT2D eigenvalue weighted by Gasteiger charge is -2.21. The lowest BCUT2D eigenvalue weighted by Crippen LogP contribution is -2.37. The van der Waals surface area contributed by atoms with Crippen LogP contribution in [0.25, 0.3) is 0 Å². The van der Waals surface area contributed by atoms with Gasteiger partial charge in [-0.3, -0.25) is 9.59 Å². The molecule has 0 aromatic heterocycles. The van der Waals surface area contributed by atoms with Gasteiger partial charge < -0.3 is 9.80 Å². The zero-order valence-electron chi connectivity index (χ0n) is 10.1. The van der Waals surface area contributed by atoms with Crippen LogP contribution in [0.2, 0.25) is 0 Å². The van der Waals surface area contributed by atoms with Gasteiger partial charge in [0.05, 0.1) is 6.07 Å². The first-order valence-electron chi connectivity index (χ1n) is 5.65. The number of hydrogen-bond donors (Lipinski definition) is 0. The topological polar surface area (TPSA) is 64.4 Å². The van der Waals surface area contributed by atoms with E-state index in [1.54, 1.807) is 16.7 Å². The molecule has 5 heteroatoms. The molecule has 0 atom stereocenters. The van der Waals surface area contributed by atoms with Gasteiger partial charge in [0.2, 0.25) is 11.8 Å². The van der Waals surface area contributed by atoms with E-state index in [4.69, 9.17) is 5.26 Å². The SMILES string of the molecule is C=C(C)C(=O)N1CCCN(C(=O)CC#N)CC1. The molecule has 1 rings (SSSR count). The summed E-state index contributed by atoms with van der Waals surface area (Å²) in [6, 6.07) is 1.85. The Bertz CT molecular complexity index is 370. The van der Waals surface area contributed by atoms with Crippen molar-refractivity contribution in [2.75, 3.05) is 26.2 Å². The molecule has 5 nitrogen and oxygen atoms in total. The third-order valence-corrected chi connectivity index (χ3v) is 2.73. The number of rotatable bonds is 2. The quantitative estimate of drug-likeness (QED) is 0.656. The molecule has 2 amide bonds. The van der Waals surface area contributed by atoms with Crippen LogP contribution in [-0.4, -0.2) is 47.8 Å². The van der Waals surface area contributed by atoms with Crippen molar-refractivity contribution in [3.05, 3.63) is 12.2 Å². The largest absolute Gasteiger partial charge is 0.340 e. The van der Waals surface area contributed by atoms with Gasteiger partial charge in [-0.1, -0.05) is 6.58 Å². The molecule has 0 spiro atoms. The Hall–Kier alpha value is -1.83. The third kappa shape index (κ3) is 3.59. The Morgan fingerprint density at radius 2 is 1.82 bits per heavy atom. The van der Waals surface area contributed by atoms with Gasteiger partial charge in [0.25, 0.3) is 0 Å². The molecule has 0 unspecified atom stereocenters. The normalized spacial score (nSPS) is 16.0. The lowest BCUT2D eigenvalue weighted by molar-refractivity contribution is -0.131. The van der Waals surface area contributed by atoms with Crippen molar-refractivity contribution in [2.24, 2.45) is 0 Å².